The molecule has 1 aromatic carbocycles. The van der Waals surface area contributed by atoms with Gasteiger partial charge in [-0.25, -0.2) is 0 Å². The van der Waals surface area contributed by atoms with Gasteiger partial charge < -0.3 is 0 Å². The Morgan fingerprint density at radius 3 is 2.27 bits per heavy atom. The molecule has 0 unspecified atom stereocenters. The number of hydrogen-bond donors (Lipinski definition) is 1. The molecule has 0 saturated heterocycles. The van der Waals surface area contributed by atoms with E-state index in [1.807, 2.05) is 6.92 Å². The standard InChI is InChI=1S/C15H19F3O3S/c1-10-2-7-14(22(19,20)21)9-12(10)8-11-3-5-13(6-4-11)15(16,17)18/h2,7,9,11,13H,3-6,8H2,1H3,(H,19,20,21). The zero-order chi connectivity index (χ0) is 16.5. The highest BCUT2D eigenvalue weighted by Gasteiger charge is 2.41. The van der Waals surface area contributed by atoms with Gasteiger partial charge in [0.1, 0.15) is 0 Å². The average Bonchev–Trinajstić information content (AvgIpc) is 2.39. The fourth-order valence-electron chi connectivity index (χ4n) is 3.03. The summed E-state index contributed by atoms with van der Waals surface area (Å²) < 4.78 is 69.4. The van der Waals surface area contributed by atoms with Crippen molar-refractivity contribution >= 4 is 10.1 Å². The maximum Gasteiger partial charge on any atom is 0.391 e. The van der Waals surface area contributed by atoms with Crippen LogP contribution in [0.3, 0.4) is 0 Å². The zero-order valence-electron chi connectivity index (χ0n) is 12.2. The van der Waals surface area contributed by atoms with Gasteiger partial charge in [-0.2, -0.15) is 21.6 Å². The number of hydrogen-bond acceptors (Lipinski definition) is 2. The molecule has 0 bridgehead atoms. The number of halogens is 3. The van der Waals surface area contributed by atoms with Gasteiger partial charge in [-0.05, 0) is 68.2 Å². The number of benzene rings is 1. The lowest BCUT2D eigenvalue weighted by molar-refractivity contribution is -0.183. The summed E-state index contributed by atoms with van der Waals surface area (Å²) >= 11 is 0. The molecule has 1 saturated carbocycles. The molecule has 1 aliphatic carbocycles. The van der Waals surface area contributed by atoms with E-state index in [9.17, 15) is 21.6 Å². The van der Waals surface area contributed by atoms with Crippen molar-refractivity contribution < 1.29 is 26.1 Å². The molecule has 0 aromatic heterocycles. The Kier molecular flexibility index (Phi) is 4.87. The van der Waals surface area contributed by atoms with E-state index in [4.69, 9.17) is 4.55 Å². The van der Waals surface area contributed by atoms with Crippen molar-refractivity contribution in [3.05, 3.63) is 29.3 Å². The predicted octanol–water partition coefficient (Wildman–Crippen LogP) is 4.15. The Morgan fingerprint density at radius 1 is 1.18 bits per heavy atom. The van der Waals surface area contributed by atoms with Crippen molar-refractivity contribution in [1.29, 1.82) is 0 Å². The van der Waals surface area contributed by atoms with Crippen LogP contribution in [0.5, 0.6) is 0 Å². The second kappa shape index (κ2) is 6.20. The first-order valence-electron chi connectivity index (χ1n) is 7.21. The summed E-state index contributed by atoms with van der Waals surface area (Å²) in [4.78, 5) is -0.169. The molecule has 0 heterocycles. The monoisotopic (exact) mass is 336 g/mol. The molecule has 0 amide bonds. The van der Waals surface area contributed by atoms with E-state index in [1.54, 1.807) is 6.07 Å². The van der Waals surface area contributed by atoms with Crippen LogP contribution in [0.25, 0.3) is 0 Å². The van der Waals surface area contributed by atoms with Gasteiger partial charge in [0, 0.05) is 0 Å². The van der Waals surface area contributed by atoms with E-state index < -0.39 is 22.2 Å². The van der Waals surface area contributed by atoms with Crippen molar-refractivity contribution in [2.45, 2.75) is 50.1 Å². The van der Waals surface area contributed by atoms with E-state index in [1.165, 1.54) is 12.1 Å². The van der Waals surface area contributed by atoms with Gasteiger partial charge in [0.05, 0.1) is 10.8 Å². The molecule has 1 fully saturated rings. The quantitative estimate of drug-likeness (QED) is 0.844. The second-order valence-corrected chi connectivity index (χ2v) is 7.45. The first-order valence-corrected chi connectivity index (χ1v) is 8.65. The molecule has 1 aromatic rings. The van der Waals surface area contributed by atoms with E-state index in [0.717, 1.165) is 11.1 Å². The fraction of sp³-hybridized carbons (Fsp3) is 0.600. The maximum atomic E-state index is 12.6. The smallest absolute Gasteiger partial charge is 0.282 e. The average molecular weight is 336 g/mol. The first-order chi connectivity index (χ1) is 10.1. The second-order valence-electron chi connectivity index (χ2n) is 6.03. The van der Waals surface area contributed by atoms with Crippen molar-refractivity contribution in [2.75, 3.05) is 0 Å². The molecule has 0 radical (unpaired) electrons. The molecule has 22 heavy (non-hydrogen) atoms. The molecular formula is C15H19F3O3S. The van der Waals surface area contributed by atoms with Crippen molar-refractivity contribution in [3.8, 4) is 0 Å². The summed E-state index contributed by atoms with van der Waals surface area (Å²) in [5.74, 6) is -1.09. The summed E-state index contributed by atoms with van der Waals surface area (Å²) in [7, 11) is -4.26. The minimum absolute atomic E-state index is 0.119. The third kappa shape index (κ3) is 4.23. The Morgan fingerprint density at radius 2 is 1.77 bits per heavy atom. The van der Waals surface area contributed by atoms with E-state index in [0.29, 0.717) is 19.3 Å². The van der Waals surface area contributed by atoms with Crippen molar-refractivity contribution in [2.24, 2.45) is 11.8 Å². The Bertz CT molecular complexity index is 630. The van der Waals surface area contributed by atoms with Crippen molar-refractivity contribution in [3.63, 3.8) is 0 Å². The van der Waals surface area contributed by atoms with Crippen LogP contribution in [0.1, 0.15) is 36.8 Å². The normalized spacial score (nSPS) is 23.5. The van der Waals surface area contributed by atoms with Crippen LogP contribution in [-0.4, -0.2) is 19.1 Å². The fourth-order valence-corrected chi connectivity index (χ4v) is 3.56. The Labute approximate surface area is 128 Å². The molecule has 3 nitrogen and oxygen atoms in total. The predicted molar refractivity (Wildman–Crippen MR) is 76.2 cm³/mol. The number of alkyl halides is 3. The lowest BCUT2D eigenvalue weighted by atomic mass is 9.78. The summed E-state index contributed by atoms with van der Waals surface area (Å²) in [6.45, 7) is 1.82. The van der Waals surface area contributed by atoms with Gasteiger partial charge in [-0.15, -0.1) is 0 Å². The maximum absolute atomic E-state index is 12.6. The minimum Gasteiger partial charge on any atom is -0.282 e. The molecular weight excluding hydrogens is 317 g/mol. The summed E-state index contributed by atoms with van der Waals surface area (Å²) in [6, 6.07) is 4.36. The van der Waals surface area contributed by atoms with E-state index in [2.05, 4.69) is 0 Å². The van der Waals surface area contributed by atoms with Gasteiger partial charge in [0.2, 0.25) is 0 Å². The van der Waals surface area contributed by atoms with Gasteiger partial charge in [-0.1, -0.05) is 6.07 Å². The Balaban J connectivity index is 2.06. The lowest BCUT2D eigenvalue weighted by Gasteiger charge is -2.30. The minimum atomic E-state index is -4.26. The molecule has 2 rings (SSSR count). The zero-order valence-corrected chi connectivity index (χ0v) is 13.0. The highest BCUT2D eigenvalue weighted by atomic mass is 32.2. The van der Waals surface area contributed by atoms with Crippen LogP contribution in [0, 0.1) is 18.8 Å². The number of aryl methyl sites for hydroxylation is 1. The third-order valence-electron chi connectivity index (χ3n) is 4.44. The van der Waals surface area contributed by atoms with Gasteiger partial charge in [-0.3, -0.25) is 4.55 Å². The largest absolute Gasteiger partial charge is 0.391 e. The van der Waals surface area contributed by atoms with Crippen LogP contribution in [0.15, 0.2) is 23.1 Å². The third-order valence-corrected chi connectivity index (χ3v) is 5.29. The SMILES string of the molecule is Cc1ccc(S(=O)(=O)O)cc1CC1CCC(C(F)(F)F)CC1. The van der Waals surface area contributed by atoms with Crippen LogP contribution >= 0.6 is 0 Å². The van der Waals surface area contributed by atoms with Crippen LogP contribution in [0.2, 0.25) is 0 Å². The van der Waals surface area contributed by atoms with Gasteiger partial charge >= 0.3 is 6.18 Å². The first kappa shape index (κ1) is 17.3. The molecule has 0 atom stereocenters. The topological polar surface area (TPSA) is 54.4 Å². The van der Waals surface area contributed by atoms with Gasteiger partial charge in [0.25, 0.3) is 10.1 Å². The van der Waals surface area contributed by atoms with E-state index >= 15 is 0 Å². The lowest BCUT2D eigenvalue weighted by Crippen LogP contribution is -2.28. The highest BCUT2D eigenvalue weighted by Crippen LogP contribution is 2.40. The van der Waals surface area contributed by atoms with Crippen LogP contribution in [-0.2, 0) is 16.5 Å². The summed E-state index contributed by atoms with van der Waals surface area (Å²) in [5.41, 5.74) is 1.65. The van der Waals surface area contributed by atoms with Crippen molar-refractivity contribution in [1.82, 2.24) is 0 Å². The summed E-state index contributed by atoms with van der Waals surface area (Å²) in [5, 5.41) is 0. The molecule has 7 heteroatoms. The highest BCUT2D eigenvalue weighted by molar-refractivity contribution is 7.85. The number of rotatable bonds is 3. The molecule has 0 spiro atoms. The summed E-state index contributed by atoms with van der Waals surface area (Å²) in [6.07, 6.45) is -2.35. The van der Waals surface area contributed by atoms with E-state index in [-0.39, 0.29) is 23.7 Å². The molecule has 124 valence electrons. The van der Waals surface area contributed by atoms with Crippen LogP contribution in [0.4, 0.5) is 13.2 Å². The molecule has 1 aliphatic rings. The molecule has 1 N–H and O–H groups in total. The van der Waals surface area contributed by atoms with Crippen LogP contribution < -0.4 is 0 Å². The van der Waals surface area contributed by atoms with Gasteiger partial charge in [0.15, 0.2) is 0 Å². The molecule has 0 aliphatic heterocycles. The Hall–Kier alpha value is -1.08.